The normalized spacial score (nSPS) is 14.7. The van der Waals surface area contributed by atoms with E-state index in [-0.39, 0.29) is 16.9 Å². The second-order valence-electron chi connectivity index (χ2n) is 9.85. The Kier molecular flexibility index (Phi) is 9.21. The maximum absolute atomic E-state index is 13.9. The van der Waals surface area contributed by atoms with Gasteiger partial charge in [0.1, 0.15) is 0 Å². The van der Waals surface area contributed by atoms with Crippen LogP contribution in [0, 0.1) is 13.8 Å². The molecule has 0 spiro atoms. The van der Waals surface area contributed by atoms with E-state index in [1.54, 1.807) is 36.1 Å². The van der Waals surface area contributed by atoms with E-state index in [1.807, 2.05) is 13.8 Å². The van der Waals surface area contributed by atoms with Gasteiger partial charge in [-0.2, -0.15) is 18.3 Å². The van der Waals surface area contributed by atoms with E-state index in [0.717, 1.165) is 30.4 Å². The summed E-state index contributed by atoms with van der Waals surface area (Å²) in [4.78, 5) is 15.2. The third-order valence-corrected chi connectivity index (χ3v) is 7.00. The summed E-state index contributed by atoms with van der Waals surface area (Å²) in [6.07, 6.45) is -1.46. The van der Waals surface area contributed by atoms with Gasteiger partial charge in [-0.1, -0.05) is 6.07 Å². The molecule has 13 heteroatoms. The third-order valence-electron chi connectivity index (χ3n) is 7.00. The monoisotopic (exact) mass is 572 g/mol. The number of nitrogens with two attached hydrogens (primary N) is 2. The average molecular weight is 573 g/mol. The van der Waals surface area contributed by atoms with Gasteiger partial charge in [-0.3, -0.25) is 19.4 Å². The molecule has 1 aromatic heterocycles. The zero-order valence-electron chi connectivity index (χ0n) is 23.3. The number of nitrogens with zero attached hydrogens (tertiary/aromatic N) is 4. The highest BCUT2D eigenvalue weighted by Gasteiger charge is 2.34. The number of alkyl halides is 3. The maximum Gasteiger partial charge on any atom is 0.418 e. The Morgan fingerprint density at radius 3 is 2.56 bits per heavy atom. The number of halogens is 3. The first-order valence-electron chi connectivity index (χ1n) is 13.1. The Hall–Kier alpha value is -4.07. The molecule has 1 aliphatic rings. The topological polar surface area (TPSA) is 127 Å². The van der Waals surface area contributed by atoms with Crippen LogP contribution in [-0.2, 0) is 18.0 Å². The molecule has 0 aliphatic carbocycles. The summed E-state index contributed by atoms with van der Waals surface area (Å²) in [5, 5.41) is 10.9. The highest BCUT2D eigenvalue weighted by Crippen LogP contribution is 2.36. The van der Waals surface area contributed by atoms with Gasteiger partial charge in [-0.05, 0) is 49.7 Å². The fourth-order valence-corrected chi connectivity index (χ4v) is 4.49. The van der Waals surface area contributed by atoms with Crippen molar-refractivity contribution in [3.8, 4) is 0 Å². The molecule has 3 aromatic rings. The predicted octanol–water partition coefficient (Wildman–Crippen LogP) is 3.69. The van der Waals surface area contributed by atoms with Crippen molar-refractivity contribution in [1.82, 2.24) is 14.7 Å². The first-order chi connectivity index (χ1) is 19.4. The number of carbonyl (C=O) groups excluding carboxylic acids is 1. The number of aryl methyl sites for hydroxylation is 2. The Morgan fingerprint density at radius 1 is 1.17 bits per heavy atom. The summed E-state index contributed by atoms with van der Waals surface area (Å²) < 4.78 is 48.7. The van der Waals surface area contributed by atoms with Gasteiger partial charge < -0.3 is 21.1 Å². The molecule has 6 N–H and O–H groups in total. The number of carbonyl (C=O) groups is 1. The van der Waals surface area contributed by atoms with E-state index >= 15 is 0 Å². The van der Waals surface area contributed by atoms with Crippen molar-refractivity contribution in [2.75, 3.05) is 55.0 Å². The molecule has 220 valence electrons. The average Bonchev–Trinajstić information content (AvgIpc) is 3.27. The number of aromatic nitrogens is 2. The summed E-state index contributed by atoms with van der Waals surface area (Å²) in [5.41, 5.74) is 8.77. The van der Waals surface area contributed by atoms with Gasteiger partial charge in [0.15, 0.2) is 0 Å². The van der Waals surface area contributed by atoms with E-state index in [1.165, 1.54) is 23.3 Å². The largest absolute Gasteiger partial charge is 0.418 e. The standard InChI is InChI=1S/C28H35F3N8O2/c1-18-4-5-20(14-26(18)39(33)17-24(32)22-16-35-37(3)19(22)2)27(40)36-21-6-7-25(23(15-21)28(29,30)31)34-8-9-38-10-12-41-13-11-38/h4-7,14-17,34H,8-13,32-33H2,1-3H3,(H,36,40)/b24-17-. The van der Waals surface area contributed by atoms with Crippen LogP contribution in [0.5, 0.6) is 0 Å². The molecule has 1 fully saturated rings. The van der Waals surface area contributed by atoms with Crippen LogP contribution in [0.15, 0.2) is 48.8 Å². The lowest BCUT2D eigenvalue weighted by Gasteiger charge is -2.27. The van der Waals surface area contributed by atoms with E-state index in [0.29, 0.717) is 43.3 Å². The van der Waals surface area contributed by atoms with E-state index < -0.39 is 17.6 Å². The van der Waals surface area contributed by atoms with Gasteiger partial charge >= 0.3 is 6.18 Å². The minimum Gasteiger partial charge on any atom is -0.397 e. The molecule has 4 rings (SSSR count). The smallest absolute Gasteiger partial charge is 0.397 e. The van der Waals surface area contributed by atoms with Crippen LogP contribution in [0.1, 0.15) is 32.7 Å². The SMILES string of the molecule is Cc1ccc(C(=O)Nc2ccc(NCCN3CCOCC3)c(C(F)(F)F)c2)cc1N(N)/C=C(\N)c1cnn(C)c1C. The molecule has 0 bridgehead atoms. The number of benzene rings is 2. The lowest BCUT2D eigenvalue weighted by Crippen LogP contribution is -2.39. The number of rotatable bonds is 9. The number of nitrogens with one attached hydrogen (secondary N) is 2. The van der Waals surface area contributed by atoms with Gasteiger partial charge in [-0.15, -0.1) is 0 Å². The Bertz CT molecular complexity index is 1410. The predicted molar refractivity (Wildman–Crippen MR) is 153 cm³/mol. The molecule has 2 heterocycles. The van der Waals surface area contributed by atoms with E-state index in [2.05, 4.69) is 20.6 Å². The minimum atomic E-state index is -4.61. The molecule has 1 aliphatic heterocycles. The lowest BCUT2D eigenvalue weighted by molar-refractivity contribution is -0.136. The summed E-state index contributed by atoms with van der Waals surface area (Å²) in [6.45, 7) is 7.35. The Balaban J connectivity index is 1.48. The van der Waals surface area contributed by atoms with Crippen LogP contribution >= 0.6 is 0 Å². The number of ether oxygens (including phenoxy) is 1. The maximum atomic E-state index is 13.9. The van der Waals surface area contributed by atoms with Crippen molar-refractivity contribution in [3.63, 3.8) is 0 Å². The van der Waals surface area contributed by atoms with Crippen molar-refractivity contribution in [2.45, 2.75) is 20.0 Å². The van der Waals surface area contributed by atoms with Gasteiger partial charge in [0.25, 0.3) is 5.91 Å². The minimum absolute atomic E-state index is 0.0176. The molecule has 41 heavy (non-hydrogen) atoms. The van der Waals surface area contributed by atoms with Gasteiger partial charge in [0.05, 0.1) is 36.4 Å². The molecule has 0 atom stereocenters. The highest BCUT2D eigenvalue weighted by molar-refractivity contribution is 6.05. The molecule has 1 amide bonds. The molecule has 10 nitrogen and oxygen atoms in total. The summed E-state index contributed by atoms with van der Waals surface area (Å²) in [6, 6.07) is 8.52. The second kappa shape index (κ2) is 12.6. The zero-order valence-corrected chi connectivity index (χ0v) is 23.3. The number of amides is 1. The summed E-state index contributed by atoms with van der Waals surface area (Å²) in [7, 11) is 1.80. The fraction of sp³-hybridized carbons (Fsp3) is 0.357. The zero-order chi connectivity index (χ0) is 29.7. The van der Waals surface area contributed by atoms with Gasteiger partial charge in [0.2, 0.25) is 0 Å². The Morgan fingerprint density at radius 2 is 1.90 bits per heavy atom. The first-order valence-corrected chi connectivity index (χ1v) is 13.1. The quantitative estimate of drug-likeness (QED) is 0.226. The molecule has 0 saturated carbocycles. The second-order valence-corrected chi connectivity index (χ2v) is 9.85. The fourth-order valence-electron chi connectivity index (χ4n) is 4.49. The number of hydrogen-bond donors (Lipinski definition) is 4. The van der Waals surface area contributed by atoms with Crippen LogP contribution in [0.25, 0.3) is 5.70 Å². The van der Waals surface area contributed by atoms with E-state index in [9.17, 15) is 18.0 Å². The van der Waals surface area contributed by atoms with Crippen LogP contribution < -0.4 is 27.2 Å². The van der Waals surface area contributed by atoms with Crippen molar-refractivity contribution >= 4 is 28.7 Å². The number of anilines is 3. The lowest BCUT2D eigenvalue weighted by atomic mass is 10.1. The molecule has 2 aromatic carbocycles. The number of morpholine rings is 1. The van der Waals surface area contributed by atoms with Crippen LogP contribution in [0.2, 0.25) is 0 Å². The summed E-state index contributed by atoms with van der Waals surface area (Å²) >= 11 is 0. The van der Waals surface area contributed by atoms with Crippen LogP contribution in [-0.4, -0.2) is 60.0 Å². The number of hydrazine groups is 1. The van der Waals surface area contributed by atoms with Crippen LogP contribution in [0.3, 0.4) is 0 Å². The molecule has 0 unspecified atom stereocenters. The van der Waals surface area contributed by atoms with Crippen molar-refractivity contribution in [1.29, 1.82) is 0 Å². The molecular weight excluding hydrogens is 537 g/mol. The molecule has 0 radical (unpaired) electrons. The first kappa shape index (κ1) is 29.9. The highest BCUT2D eigenvalue weighted by atomic mass is 19.4. The van der Waals surface area contributed by atoms with Crippen molar-refractivity contribution < 1.29 is 22.7 Å². The van der Waals surface area contributed by atoms with Gasteiger partial charge in [0, 0.05) is 67.6 Å². The van der Waals surface area contributed by atoms with Crippen LogP contribution in [0.4, 0.5) is 30.2 Å². The molecular formula is C28H35F3N8O2. The van der Waals surface area contributed by atoms with Gasteiger partial charge in [-0.25, -0.2) is 5.84 Å². The number of hydrogen-bond acceptors (Lipinski definition) is 8. The molecule has 1 saturated heterocycles. The van der Waals surface area contributed by atoms with E-state index in [4.69, 9.17) is 16.3 Å². The third kappa shape index (κ3) is 7.37. The van der Waals surface area contributed by atoms with Crippen molar-refractivity contribution in [3.05, 3.63) is 76.7 Å². The summed E-state index contributed by atoms with van der Waals surface area (Å²) in [5.74, 6) is 5.68. The Labute approximate surface area is 236 Å². The van der Waals surface area contributed by atoms with Crippen molar-refractivity contribution in [2.24, 2.45) is 18.6 Å².